The van der Waals surface area contributed by atoms with Gasteiger partial charge < -0.3 is 14.9 Å². The van der Waals surface area contributed by atoms with Gasteiger partial charge in [0.15, 0.2) is 0 Å². The van der Waals surface area contributed by atoms with Crippen molar-refractivity contribution >= 4 is 9.84 Å². The van der Waals surface area contributed by atoms with Crippen molar-refractivity contribution in [3.63, 3.8) is 0 Å². The fourth-order valence-electron chi connectivity index (χ4n) is 7.87. The maximum Gasteiger partial charge on any atom is 0.469 e. The van der Waals surface area contributed by atoms with E-state index < -0.39 is 27.0 Å². The Kier molecular flexibility index (Phi) is 8.33. The van der Waals surface area contributed by atoms with Crippen molar-refractivity contribution in [2.45, 2.75) is 87.7 Å². The number of aliphatic hydroxyl groups is 1. The second-order valence-corrected chi connectivity index (χ2v) is 14.6. The van der Waals surface area contributed by atoms with Gasteiger partial charge in [-0.3, -0.25) is 0 Å². The SMILES string of the molecule is C[C@]12C[C@H](c3ccc(OCCCCCS(=O)(=O)C(F)(F)C(F)(F)F)cc3)[C@@H]3c4ccc(O)cc4CC[C@H]3[C@@H]1CC[C@@H]2O. The summed E-state index contributed by atoms with van der Waals surface area (Å²) in [5.41, 5.74) is 3.41. The van der Waals surface area contributed by atoms with Crippen molar-refractivity contribution in [1.82, 2.24) is 0 Å². The highest BCUT2D eigenvalue weighted by atomic mass is 32.2. The van der Waals surface area contributed by atoms with E-state index in [1.807, 2.05) is 30.3 Å². The molecular weight excluding hydrogens is 579 g/mol. The quantitative estimate of drug-likeness (QED) is 0.232. The minimum absolute atomic E-state index is 0.118. The number of phenolic OH excluding ortho intramolecular Hbond substituents is 1. The van der Waals surface area contributed by atoms with Crippen molar-refractivity contribution in [3.8, 4) is 11.5 Å². The second-order valence-electron chi connectivity index (χ2n) is 12.4. The van der Waals surface area contributed by atoms with E-state index in [-0.39, 0.29) is 48.6 Å². The normalized spacial score (nSPS) is 29.5. The summed E-state index contributed by atoms with van der Waals surface area (Å²) in [6, 6.07) is 13.4. The molecule has 2 fully saturated rings. The zero-order chi connectivity index (χ0) is 30.5. The highest BCUT2D eigenvalue weighted by molar-refractivity contribution is 7.92. The number of unbranched alkanes of at least 4 members (excludes halogenated alkanes) is 2. The van der Waals surface area contributed by atoms with Gasteiger partial charge in [0.25, 0.3) is 0 Å². The second kappa shape index (κ2) is 11.3. The molecule has 0 aliphatic heterocycles. The van der Waals surface area contributed by atoms with E-state index >= 15 is 0 Å². The van der Waals surface area contributed by atoms with Crippen LogP contribution >= 0.6 is 0 Å². The molecule has 2 N–H and O–H groups in total. The summed E-state index contributed by atoms with van der Waals surface area (Å²) >= 11 is 0. The lowest BCUT2D eigenvalue weighted by Crippen LogP contribution is -2.47. The van der Waals surface area contributed by atoms with Crippen LogP contribution in [0.5, 0.6) is 11.5 Å². The molecule has 0 radical (unpaired) electrons. The number of rotatable bonds is 9. The Morgan fingerprint density at radius 3 is 2.38 bits per heavy atom. The van der Waals surface area contributed by atoms with E-state index in [0.717, 1.165) is 37.7 Å². The predicted octanol–water partition coefficient (Wildman–Crippen LogP) is 7.12. The molecule has 11 heteroatoms. The molecule has 5 nitrogen and oxygen atoms in total. The average molecular weight is 617 g/mol. The zero-order valence-electron chi connectivity index (χ0n) is 23.4. The van der Waals surface area contributed by atoms with Crippen molar-refractivity contribution in [3.05, 3.63) is 59.2 Å². The molecule has 0 aromatic heterocycles. The lowest BCUT2D eigenvalue weighted by atomic mass is 9.51. The van der Waals surface area contributed by atoms with Crippen LogP contribution in [0.15, 0.2) is 42.5 Å². The minimum Gasteiger partial charge on any atom is -0.508 e. The van der Waals surface area contributed by atoms with E-state index in [1.165, 1.54) is 11.1 Å². The summed E-state index contributed by atoms with van der Waals surface area (Å²) in [7, 11) is -5.64. The van der Waals surface area contributed by atoms with Crippen LogP contribution in [-0.2, 0) is 16.3 Å². The Morgan fingerprint density at radius 1 is 0.976 bits per heavy atom. The molecule has 42 heavy (non-hydrogen) atoms. The Bertz CT molecular complexity index is 1380. The topological polar surface area (TPSA) is 83.8 Å². The van der Waals surface area contributed by atoms with Gasteiger partial charge in [-0.25, -0.2) is 8.42 Å². The standard InChI is InChI=1S/C31H37F5O5S/c1-29-18-25(28-23-12-8-21(37)17-20(23)7-11-24(28)26(29)13-14-27(29)38)19-5-9-22(10-6-19)41-15-3-2-4-16-42(39,40)31(35,36)30(32,33)34/h5-6,8-10,12,17,24-28,37-38H,2-4,7,11,13-16,18H2,1H3/t24-,25+,26-,27-,28+,29-/m0/s1. The third-order valence-corrected chi connectivity index (χ3v) is 11.9. The maximum atomic E-state index is 13.2. The molecule has 0 bridgehead atoms. The zero-order valence-corrected chi connectivity index (χ0v) is 24.2. The number of hydrogen-bond acceptors (Lipinski definition) is 5. The van der Waals surface area contributed by atoms with E-state index in [4.69, 9.17) is 4.74 Å². The van der Waals surface area contributed by atoms with Crippen molar-refractivity contribution in [2.75, 3.05) is 12.4 Å². The Labute approximate surface area is 243 Å². The third-order valence-electron chi connectivity index (χ3n) is 10.0. The molecule has 2 saturated carbocycles. The monoisotopic (exact) mass is 616 g/mol. The molecule has 2 aromatic carbocycles. The van der Waals surface area contributed by atoms with E-state index in [0.29, 0.717) is 24.0 Å². The summed E-state index contributed by atoms with van der Waals surface area (Å²) < 4.78 is 92.2. The molecule has 6 atom stereocenters. The van der Waals surface area contributed by atoms with Gasteiger partial charge in [-0.05, 0) is 121 Å². The van der Waals surface area contributed by atoms with E-state index in [9.17, 15) is 40.6 Å². The van der Waals surface area contributed by atoms with Crippen molar-refractivity contribution in [1.29, 1.82) is 0 Å². The van der Waals surface area contributed by atoms with Gasteiger partial charge in [-0.2, -0.15) is 22.0 Å². The van der Waals surface area contributed by atoms with Gasteiger partial charge in [-0.1, -0.05) is 25.1 Å². The van der Waals surface area contributed by atoms with Crippen molar-refractivity contribution in [2.24, 2.45) is 17.3 Å². The molecule has 0 heterocycles. The summed E-state index contributed by atoms with van der Waals surface area (Å²) in [4.78, 5) is 0. The van der Waals surface area contributed by atoms with Gasteiger partial charge in [-0.15, -0.1) is 0 Å². The maximum absolute atomic E-state index is 13.2. The number of fused-ring (bicyclic) bond motifs is 5. The van der Waals surface area contributed by atoms with Gasteiger partial charge in [0, 0.05) is 0 Å². The summed E-state index contributed by atoms with van der Waals surface area (Å²) in [5.74, 6) is 0.884. The van der Waals surface area contributed by atoms with Crippen LogP contribution in [-0.4, -0.2) is 48.5 Å². The fourth-order valence-corrected chi connectivity index (χ4v) is 9.06. The first-order chi connectivity index (χ1) is 19.7. The number of ether oxygens (including phenoxy) is 1. The predicted molar refractivity (Wildman–Crippen MR) is 147 cm³/mol. The molecule has 3 aliphatic carbocycles. The van der Waals surface area contributed by atoms with E-state index in [2.05, 4.69) is 13.0 Å². The summed E-state index contributed by atoms with van der Waals surface area (Å²) in [5, 5.41) is 15.4. The number of alkyl halides is 5. The molecule has 0 amide bonds. The van der Waals surface area contributed by atoms with Gasteiger partial charge in [0.1, 0.15) is 11.5 Å². The molecule has 0 spiro atoms. The lowest BCUT2D eigenvalue weighted by Gasteiger charge is -2.54. The molecule has 0 saturated heterocycles. The summed E-state index contributed by atoms with van der Waals surface area (Å²) in [6.07, 6.45) is -1.81. The van der Waals surface area contributed by atoms with Crippen LogP contribution in [0.25, 0.3) is 0 Å². The molecular formula is C31H37F5O5S. The number of halogens is 5. The first kappa shape index (κ1) is 31.0. The Morgan fingerprint density at radius 2 is 1.69 bits per heavy atom. The van der Waals surface area contributed by atoms with Gasteiger partial charge in [0.05, 0.1) is 18.5 Å². The molecule has 2 aromatic rings. The largest absolute Gasteiger partial charge is 0.508 e. The first-order valence-electron chi connectivity index (χ1n) is 14.5. The number of hydrogen-bond donors (Lipinski definition) is 2. The molecule has 232 valence electrons. The van der Waals surface area contributed by atoms with Crippen LogP contribution in [0.3, 0.4) is 0 Å². The highest BCUT2D eigenvalue weighted by Crippen LogP contribution is 2.65. The van der Waals surface area contributed by atoms with Crippen molar-refractivity contribution < 1.29 is 45.3 Å². The Balaban J connectivity index is 1.23. The van der Waals surface area contributed by atoms with Crippen LogP contribution in [0.1, 0.15) is 80.4 Å². The average Bonchev–Trinajstić information content (AvgIpc) is 3.23. The lowest BCUT2D eigenvalue weighted by molar-refractivity contribution is -0.241. The smallest absolute Gasteiger partial charge is 0.469 e. The third kappa shape index (κ3) is 5.51. The fraction of sp³-hybridized carbons (Fsp3) is 0.613. The van der Waals surface area contributed by atoms with Gasteiger partial charge >= 0.3 is 11.4 Å². The van der Waals surface area contributed by atoms with Crippen LogP contribution < -0.4 is 4.74 Å². The Hall–Kier alpha value is -2.40. The number of benzene rings is 2. The first-order valence-corrected chi connectivity index (χ1v) is 16.2. The van der Waals surface area contributed by atoms with Crippen LogP contribution in [0, 0.1) is 17.3 Å². The number of sulfone groups is 1. The molecule has 0 unspecified atom stereocenters. The molecule has 3 aliphatic rings. The van der Waals surface area contributed by atoms with Crippen LogP contribution in [0.2, 0.25) is 0 Å². The minimum atomic E-state index is -6.14. The number of aliphatic hydroxyl groups excluding tert-OH is 1. The van der Waals surface area contributed by atoms with Crippen LogP contribution in [0.4, 0.5) is 22.0 Å². The van der Waals surface area contributed by atoms with E-state index in [1.54, 1.807) is 6.07 Å². The number of aryl methyl sites for hydroxylation is 1. The molecule has 5 rings (SSSR count). The number of aromatic hydroxyl groups is 1. The highest BCUT2D eigenvalue weighted by Gasteiger charge is 2.66. The number of phenols is 1. The summed E-state index contributed by atoms with van der Waals surface area (Å²) in [6.45, 7) is 2.38. The van der Waals surface area contributed by atoms with Gasteiger partial charge in [0.2, 0.25) is 9.84 Å².